The molecule has 0 aliphatic carbocycles. The van der Waals surface area contributed by atoms with Gasteiger partial charge < -0.3 is 10.6 Å². The van der Waals surface area contributed by atoms with Crippen LogP contribution in [0.2, 0.25) is 0 Å². The Morgan fingerprint density at radius 2 is 1.62 bits per heavy atom. The number of hydrogen-bond donors (Lipinski definition) is 1. The monoisotopic (exact) mass is 403 g/mol. The highest BCUT2D eigenvalue weighted by Crippen LogP contribution is 2.28. The first-order chi connectivity index (χ1) is 11.9. The summed E-state index contributed by atoms with van der Waals surface area (Å²) in [5.41, 5.74) is 6.12. The number of rotatable bonds is 7. The summed E-state index contributed by atoms with van der Waals surface area (Å²) in [7, 11) is -3.37. The van der Waals surface area contributed by atoms with E-state index >= 15 is 0 Å². The number of benzene rings is 1. The van der Waals surface area contributed by atoms with E-state index in [2.05, 4.69) is 0 Å². The van der Waals surface area contributed by atoms with Gasteiger partial charge in [0.15, 0.2) is 0 Å². The van der Waals surface area contributed by atoms with Crippen molar-refractivity contribution in [3.05, 3.63) is 35.9 Å². The van der Waals surface area contributed by atoms with E-state index in [4.69, 9.17) is 5.73 Å². The van der Waals surface area contributed by atoms with Gasteiger partial charge in [-0.3, -0.25) is 4.79 Å². The summed E-state index contributed by atoms with van der Waals surface area (Å²) in [5.74, 6) is 0.0541. The fraction of sp³-hybridized carbons (Fsp3) is 0.611. The summed E-state index contributed by atoms with van der Waals surface area (Å²) >= 11 is 0. The third kappa shape index (κ3) is 4.97. The molecule has 1 heterocycles. The van der Waals surface area contributed by atoms with Gasteiger partial charge in [0, 0.05) is 32.7 Å². The van der Waals surface area contributed by atoms with Gasteiger partial charge in [-0.15, -0.1) is 12.4 Å². The van der Waals surface area contributed by atoms with E-state index in [9.17, 15) is 13.2 Å². The molecule has 0 bridgehead atoms. The Morgan fingerprint density at radius 1 is 1.08 bits per heavy atom. The van der Waals surface area contributed by atoms with Crippen molar-refractivity contribution in [1.29, 1.82) is 0 Å². The number of nitrogens with two attached hydrogens (primary N) is 1. The molecular formula is C18H30ClN3O3S. The normalized spacial score (nSPS) is 16.2. The molecule has 0 spiro atoms. The van der Waals surface area contributed by atoms with Crippen molar-refractivity contribution in [1.82, 2.24) is 9.21 Å². The van der Waals surface area contributed by atoms with Gasteiger partial charge in [0.2, 0.25) is 15.9 Å². The first-order valence-corrected chi connectivity index (χ1v) is 10.5. The zero-order valence-electron chi connectivity index (χ0n) is 15.6. The van der Waals surface area contributed by atoms with Gasteiger partial charge in [-0.25, -0.2) is 8.42 Å². The highest BCUT2D eigenvalue weighted by Gasteiger charge is 2.39. The van der Waals surface area contributed by atoms with Crippen LogP contribution in [0.4, 0.5) is 0 Å². The zero-order chi connectivity index (χ0) is 18.5. The quantitative estimate of drug-likeness (QED) is 0.752. The minimum atomic E-state index is -3.37. The summed E-state index contributed by atoms with van der Waals surface area (Å²) < 4.78 is 26.7. The van der Waals surface area contributed by atoms with Gasteiger partial charge in [-0.1, -0.05) is 44.2 Å². The molecule has 0 unspecified atom stereocenters. The first-order valence-electron chi connectivity index (χ1n) is 8.89. The largest absolute Gasteiger partial charge is 0.340 e. The Hall–Kier alpha value is -1.15. The molecule has 1 aliphatic heterocycles. The van der Waals surface area contributed by atoms with Crippen LogP contribution in [-0.4, -0.2) is 56.3 Å². The summed E-state index contributed by atoms with van der Waals surface area (Å²) in [5, 5.41) is 0. The minimum Gasteiger partial charge on any atom is -0.340 e. The van der Waals surface area contributed by atoms with Gasteiger partial charge >= 0.3 is 0 Å². The van der Waals surface area contributed by atoms with Crippen molar-refractivity contribution in [3.63, 3.8) is 0 Å². The second kappa shape index (κ2) is 9.69. The number of carbonyl (C=O) groups excluding carboxylic acids is 1. The third-order valence-electron chi connectivity index (χ3n) is 5.31. The fourth-order valence-corrected chi connectivity index (χ4v) is 4.83. The van der Waals surface area contributed by atoms with Crippen LogP contribution in [-0.2, 0) is 20.6 Å². The second-order valence-corrected chi connectivity index (χ2v) is 8.59. The van der Waals surface area contributed by atoms with Crippen LogP contribution >= 0.6 is 12.4 Å². The van der Waals surface area contributed by atoms with Crippen LogP contribution in [0.5, 0.6) is 0 Å². The molecule has 1 aromatic rings. The van der Waals surface area contributed by atoms with Crippen molar-refractivity contribution in [2.75, 3.05) is 32.7 Å². The average molecular weight is 404 g/mol. The molecule has 8 heteroatoms. The maximum Gasteiger partial charge on any atom is 0.230 e. The molecule has 1 amide bonds. The predicted octanol–water partition coefficient (Wildman–Crippen LogP) is 1.85. The molecule has 0 radical (unpaired) electrons. The summed E-state index contributed by atoms with van der Waals surface area (Å²) in [4.78, 5) is 14.6. The lowest BCUT2D eigenvalue weighted by atomic mass is 9.81. The summed E-state index contributed by atoms with van der Waals surface area (Å²) in [6, 6.07) is 9.17. The number of nitrogens with zero attached hydrogens (tertiary/aromatic N) is 2. The lowest BCUT2D eigenvalue weighted by Crippen LogP contribution is -2.55. The van der Waals surface area contributed by atoms with Crippen LogP contribution in [0, 0.1) is 5.41 Å². The number of piperazine rings is 1. The van der Waals surface area contributed by atoms with Crippen LogP contribution in [0.1, 0.15) is 32.3 Å². The maximum atomic E-state index is 12.8. The SMILES string of the molecule is CCC(CC)(CN)C(=O)N1CCN(S(=O)(=O)Cc2ccccc2)CC1.Cl. The van der Waals surface area contributed by atoms with E-state index in [0.29, 0.717) is 45.6 Å². The number of halogens is 1. The Labute approximate surface area is 163 Å². The number of carbonyl (C=O) groups is 1. The van der Waals surface area contributed by atoms with Gasteiger partial charge in [-0.05, 0) is 18.4 Å². The maximum absolute atomic E-state index is 12.8. The van der Waals surface area contributed by atoms with Gasteiger partial charge in [0.1, 0.15) is 0 Å². The van der Waals surface area contributed by atoms with Gasteiger partial charge in [0.25, 0.3) is 0 Å². The molecule has 0 aromatic heterocycles. The van der Waals surface area contributed by atoms with Crippen LogP contribution in [0.3, 0.4) is 0 Å². The van der Waals surface area contributed by atoms with E-state index in [0.717, 1.165) is 5.56 Å². The standard InChI is InChI=1S/C18H29N3O3S.ClH/c1-3-18(4-2,15-19)17(22)20-10-12-21(13-11-20)25(23,24)14-16-8-6-5-7-9-16;/h5-9H,3-4,10-15,19H2,1-2H3;1H. The zero-order valence-corrected chi connectivity index (χ0v) is 17.2. The van der Waals surface area contributed by atoms with Gasteiger partial charge in [-0.2, -0.15) is 4.31 Å². The first kappa shape index (κ1) is 22.9. The van der Waals surface area contributed by atoms with E-state index in [1.54, 1.807) is 4.90 Å². The second-order valence-electron chi connectivity index (χ2n) is 6.62. The van der Waals surface area contributed by atoms with Crippen LogP contribution in [0.25, 0.3) is 0 Å². The fourth-order valence-electron chi connectivity index (χ4n) is 3.31. The molecule has 6 nitrogen and oxygen atoms in total. The summed E-state index contributed by atoms with van der Waals surface area (Å²) in [6.45, 7) is 5.82. The third-order valence-corrected chi connectivity index (χ3v) is 7.16. The molecule has 148 valence electrons. The van der Waals surface area contributed by atoms with Crippen LogP contribution in [0.15, 0.2) is 30.3 Å². The Morgan fingerprint density at radius 3 is 2.08 bits per heavy atom. The highest BCUT2D eigenvalue weighted by atomic mass is 35.5. The van der Waals surface area contributed by atoms with E-state index in [-0.39, 0.29) is 24.1 Å². The molecule has 26 heavy (non-hydrogen) atoms. The molecule has 1 aromatic carbocycles. The smallest absolute Gasteiger partial charge is 0.230 e. The predicted molar refractivity (Wildman–Crippen MR) is 107 cm³/mol. The van der Waals surface area contributed by atoms with Crippen molar-refractivity contribution in [2.45, 2.75) is 32.4 Å². The molecule has 2 rings (SSSR count). The Balaban J connectivity index is 0.00000338. The van der Waals surface area contributed by atoms with Crippen molar-refractivity contribution >= 4 is 28.3 Å². The molecular weight excluding hydrogens is 374 g/mol. The van der Waals surface area contributed by atoms with Crippen molar-refractivity contribution < 1.29 is 13.2 Å². The number of amides is 1. The number of sulfonamides is 1. The van der Waals surface area contributed by atoms with Gasteiger partial charge in [0.05, 0.1) is 11.2 Å². The average Bonchev–Trinajstić information content (AvgIpc) is 2.64. The van der Waals surface area contributed by atoms with Crippen molar-refractivity contribution in [3.8, 4) is 0 Å². The van der Waals surface area contributed by atoms with E-state index in [1.807, 2.05) is 44.2 Å². The minimum absolute atomic E-state index is 0. The topological polar surface area (TPSA) is 83.7 Å². The van der Waals surface area contributed by atoms with Crippen molar-refractivity contribution in [2.24, 2.45) is 11.1 Å². The summed E-state index contributed by atoms with van der Waals surface area (Å²) in [6.07, 6.45) is 1.40. The lowest BCUT2D eigenvalue weighted by Gasteiger charge is -2.39. The molecule has 0 atom stereocenters. The molecule has 2 N–H and O–H groups in total. The van der Waals surface area contributed by atoms with Crippen LogP contribution < -0.4 is 5.73 Å². The number of hydrogen-bond acceptors (Lipinski definition) is 4. The lowest BCUT2D eigenvalue weighted by molar-refractivity contribution is -0.143. The molecule has 1 fully saturated rings. The molecule has 0 saturated carbocycles. The Bertz CT molecular complexity index is 662. The Kier molecular flexibility index (Phi) is 8.53. The van der Waals surface area contributed by atoms with E-state index < -0.39 is 15.4 Å². The van der Waals surface area contributed by atoms with E-state index in [1.165, 1.54) is 4.31 Å². The molecule has 1 aliphatic rings. The molecule has 1 saturated heterocycles. The highest BCUT2D eigenvalue weighted by molar-refractivity contribution is 7.88.